The summed E-state index contributed by atoms with van der Waals surface area (Å²) in [4.78, 5) is 12.9. The summed E-state index contributed by atoms with van der Waals surface area (Å²) in [6.07, 6.45) is -5.21. The molecule has 1 aromatic rings. The van der Waals surface area contributed by atoms with Crippen molar-refractivity contribution < 1.29 is 27.4 Å². The number of hydrogen-bond donors (Lipinski definition) is 1. The second kappa shape index (κ2) is 6.81. The highest BCUT2D eigenvalue weighted by Crippen LogP contribution is 2.32. The van der Waals surface area contributed by atoms with Crippen molar-refractivity contribution in [3.05, 3.63) is 5.01 Å². The number of likely N-dealkylation sites (N-methyl/N-ethyl adjacent to an activating group) is 1. The number of carbonyl (C=O) groups is 1. The molecule has 1 N–H and O–H groups in total. The van der Waals surface area contributed by atoms with E-state index in [9.17, 15) is 18.0 Å². The lowest BCUT2D eigenvalue weighted by Gasteiger charge is -2.21. The fraction of sp³-hybridized carbons (Fsp3) is 0.667. The Morgan fingerprint density at radius 2 is 2.00 bits per heavy atom. The summed E-state index contributed by atoms with van der Waals surface area (Å²) in [6, 6.07) is -0.644. The zero-order chi connectivity index (χ0) is 15.3. The van der Waals surface area contributed by atoms with Gasteiger partial charge in [0.1, 0.15) is 0 Å². The maximum absolute atomic E-state index is 12.3. The summed E-state index contributed by atoms with van der Waals surface area (Å²) in [5.74, 6) is 0. The zero-order valence-electron chi connectivity index (χ0n) is 10.9. The summed E-state index contributed by atoms with van der Waals surface area (Å²) in [5, 5.41) is 7.06. The number of carbonyl (C=O) groups excluding carboxylic acids is 1. The van der Waals surface area contributed by atoms with Crippen molar-refractivity contribution in [1.82, 2.24) is 15.1 Å². The van der Waals surface area contributed by atoms with Crippen molar-refractivity contribution in [2.75, 3.05) is 33.1 Å². The number of ether oxygens (including phenoxy) is 2. The Morgan fingerprint density at radius 1 is 1.40 bits per heavy atom. The van der Waals surface area contributed by atoms with Crippen LogP contribution >= 0.6 is 11.3 Å². The van der Waals surface area contributed by atoms with Crippen LogP contribution in [-0.4, -0.2) is 55.2 Å². The number of hydrogen-bond acceptors (Lipinski definition) is 6. The Labute approximate surface area is 116 Å². The predicted octanol–water partition coefficient (Wildman–Crippen LogP) is 1.64. The molecule has 0 unspecified atom stereocenters. The molecule has 0 fully saturated rings. The minimum absolute atomic E-state index is 0.101. The van der Waals surface area contributed by atoms with Crippen molar-refractivity contribution >= 4 is 22.5 Å². The number of amides is 2. The van der Waals surface area contributed by atoms with Gasteiger partial charge < -0.3 is 14.4 Å². The summed E-state index contributed by atoms with van der Waals surface area (Å²) in [6.45, 7) is 0.101. The Hall–Kier alpha value is -1.46. The molecule has 11 heteroatoms. The van der Waals surface area contributed by atoms with E-state index in [0.717, 1.165) is 0 Å². The molecule has 0 bridgehead atoms. The average molecular weight is 314 g/mol. The number of urea groups is 1. The van der Waals surface area contributed by atoms with Crippen LogP contribution in [-0.2, 0) is 15.7 Å². The third kappa shape index (κ3) is 4.58. The number of alkyl halides is 3. The molecule has 20 heavy (non-hydrogen) atoms. The summed E-state index contributed by atoms with van der Waals surface area (Å²) >= 11 is 0.248. The van der Waals surface area contributed by atoms with Gasteiger partial charge >= 0.3 is 12.2 Å². The molecular weight excluding hydrogens is 301 g/mol. The molecule has 1 heterocycles. The van der Waals surface area contributed by atoms with Crippen LogP contribution in [0.2, 0.25) is 0 Å². The van der Waals surface area contributed by atoms with E-state index in [1.54, 1.807) is 0 Å². The maximum atomic E-state index is 12.3. The molecule has 0 saturated carbocycles. The molecule has 7 nitrogen and oxygen atoms in total. The van der Waals surface area contributed by atoms with Gasteiger partial charge in [0.2, 0.25) is 10.1 Å². The fourth-order valence-corrected chi connectivity index (χ4v) is 1.73. The second-order valence-electron chi connectivity index (χ2n) is 3.62. The topological polar surface area (TPSA) is 76.6 Å². The SMILES string of the molecule is COC(CN(C)C(=O)Nc1nnc(C(F)(F)F)s1)OC. The van der Waals surface area contributed by atoms with Gasteiger partial charge in [0.05, 0.1) is 6.54 Å². The van der Waals surface area contributed by atoms with Gasteiger partial charge in [-0.15, -0.1) is 10.2 Å². The maximum Gasteiger partial charge on any atom is 0.445 e. The third-order valence-electron chi connectivity index (χ3n) is 2.18. The molecule has 0 aromatic carbocycles. The van der Waals surface area contributed by atoms with Gasteiger partial charge in [0.15, 0.2) is 6.29 Å². The van der Waals surface area contributed by atoms with Crippen LogP contribution in [0.15, 0.2) is 0 Å². The van der Waals surface area contributed by atoms with Crippen LogP contribution in [0.3, 0.4) is 0 Å². The van der Waals surface area contributed by atoms with Gasteiger partial charge in [-0.1, -0.05) is 11.3 Å². The lowest BCUT2D eigenvalue weighted by atomic mass is 10.5. The van der Waals surface area contributed by atoms with Crippen molar-refractivity contribution in [3.8, 4) is 0 Å². The molecule has 114 valence electrons. The Bertz CT molecular complexity index is 450. The van der Waals surface area contributed by atoms with Crippen molar-refractivity contribution in [3.63, 3.8) is 0 Å². The van der Waals surface area contributed by atoms with E-state index >= 15 is 0 Å². The Balaban J connectivity index is 2.59. The molecular formula is C9H13F3N4O3S. The number of halogens is 3. The molecule has 0 atom stereocenters. The molecule has 0 radical (unpaired) electrons. The number of anilines is 1. The zero-order valence-corrected chi connectivity index (χ0v) is 11.7. The van der Waals surface area contributed by atoms with Gasteiger partial charge in [-0.25, -0.2) is 4.79 Å². The van der Waals surface area contributed by atoms with Gasteiger partial charge in [-0.3, -0.25) is 5.32 Å². The van der Waals surface area contributed by atoms with Crippen LogP contribution in [0.1, 0.15) is 5.01 Å². The van der Waals surface area contributed by atoms with Crippen LogP contribution in [0.4, 0.5) is 23.1 Å². The van der Waals surface area contributed by atoms with E-state index in [4.69, 9.17) is 9.47 Å². The van der Waals surface area contributed by atoms with Gasteiger partial charge in [0, 0.05) is 21.3 Å². The molecule has 0 aliphatic carbocycles. The molecule has 0 saturated heterocycles. The number of methoxy groups -OCH3 is 2. The first-order valence-corrected chi connectivity index (χ1v) is 6.08. The predicted molar refractivity (Wildman–Crippen MR) is 64.4 cm³/mol. The van der Waals surface area contributed by atoms with Gasteiger partial charge in [0.25, 0.3) is 0 Å². The van der Waals surface area contributed by atoms with Crippen LogP contribution in [0.25, 0.3) is 0 Å². The number of rotatable bonds is 5. The van der Waals surface area contributed by atoms with Crippen LogP contribution in [0.5, 0.6) is 0 Å². The van der Waals surface area contributed by atoms with E-state index in [2.05, 4.69) is 15.5 Å². The van der Waals surface area contributed by atoms with Gasteiger partial charge in [-0.05, 0) is 0 Å². The molecule has 0 aliphatic heterocycles. The summed E-state index contributed by atoms with van der Waals surface area (Å²) < 4.78 is 46.7. The molecule has 2 amide bonds. The largest absolute Gasteiger partial charge is 0.445 e. The van der Waals surface area contributed by atoms with E-state index in [-0.39, 0.29) is 23.0 Å². The first kappa shape index (κ1) is 16.6. The fourth-order valence-electron chi connectivity index (χ4n) is 1.13. The smallest absolute Gasteiger partial charge is 0.354 e. The quantitative estimate of drug-likeness (QED) is 0.836. The van der Waals surface area contributed by atoms with E-state index < -0.39 is 23.5 Å². The minimum atomic E-state index is -4.58. The average Bonchev–Trinajstić information content (AvgIpc) is 2.83. The van der Waals surface area contributed by atoms with Crippen molar-refractivity contribution in [2.45, 2.75) is 12.5 Å². The highest BCUT2D eigenvalue weighted by molar-refractivity contribution is 7.15. The molecule has 0 spiro atoms. The van der Waals surface area contributed by atoms with E-state index in [1.807, 2.05) is 0 Å². The van der Waals surface area contributed by atoms with Gasteiger partial charge in [-0.2, -0.15) is 13.2 Å². The number of nitrogens with zero attached hydrogens (tertiary/aromatic N) is 3. The van der Waals surface area contributed by atoms with Crippen molar-refractivity contribution in [1.29, 1.82) is 0 Å². The highest BCUT2D eigenvalue weighted by Gasteiger charge is 2.35. The lowest BCUT2D eigenvalue weighted by Crippen LogP contribution is -2.38. The Morgan fingerprint density at radius 3 is 2.45 bits per heavy atom. The van der Waals surface area contributed by atoms with Crippen molar-refractivity contribution in [2.24, 2.45) is 0 Å². The lowest BCUT2D eigenvalue weighted by molar-refractivity contribution is -0.138. The first-order chi connectivity index (χ1) is 9.27. The monoisotopic (exact) mass is 314 g/mol. The molecule has 1 rings (SSSR count). The van der Waals surface area contributed by atoms with Crippen LogP contribution < -0.4 is 5.32 Å². The Kier molecular flexibility index (Phi) is 5.65. The standard InChI is InChI=1S/C9H13F3N4O3S/c1-16(4-5(18-2)19-3)8(17)13-7-15-14-6(20-7)9(10,11)12/h5H,4H2,1-3H3,(H,13,15,17). The third-order valence-corrected chi connectivity index (χ3v) is 3.06. The van der Waals surface area contributed by atoms with Crippen LogP contribution in [0, 0.1) is 0 Å². The van der Waals surface area contributed by atoms with E-state index in [0.29, 0.717) is 0 Å². The van der Waals surface area contributed by atoms with E-state index in [1.165, 1.54) is 26.2 Å². The summed E-state index contributed by atoms with van der Waals surface area (Å²) in [5.41, 5.74) is 0. The second-order valence-corrected chi connectivity index (χ2v) is 4.60. The molecule has 1 aromatic heterocycles. The number of nitrogens with one attached hydrogen (secondary N) is 1. The normalized spacial score (nSPS) is 11.8. The first-order valence-electron chi connectivity index (χ1n) is 5.26. The summed E-state index contributed by atoms with van der Waals surface area (Å²) in [7, 11) is 4.24. The molecule has 0 aliphatic rings. The minimum Gasteiger partial charge on any atom is -0.354 e. The highest BCUT2D eigenvalue weighted by atomic mass is 32.1. The number of aromatic nitrogens is 2.